The van der Waals surface area contributed by atoms with Crippen molar-refractivity contribution in [1.82, 2.24) is 10.2 Å². The van der Waals surface area contributed by atoms with E-state index in [-0.39, 0.29) is 17.8 Å². The maximum atomic E-state index is 13.4. The van der Waals surface area contributed by atoms with Crippen molar-refractivity contribution < 1.29 is 14.0 Å². The number of rotatable bonds is 3. The molecule has 1 aliphatic rings. The quantitative estimate of drug-likeness (QED) is 0.503. The molecule has 0 bridgehead atoms. The predicted octanol–water partition coefficient (Wildman–Crippen LogP) is 1.90. The highest BCUT2D eigenvalue weighted by atomic mass is 19.1. The molecule has 0 radical (unpaired) electrons. The average Bonchev–Trinajstić information content (AvgIpc) is 2.60. The van der Waals surface area contributed by atoms with Crippen LogP contribution < -0.4 is 5.32 Å². The van der Waals surface area contributed by atoms with E-state index in [2.05, 4.69) is 11.9 Å². The number of urea groups is 1. The molecule has 2 rings (SSSR count). The normalized spacial score (nSPS) is 17.2. The molecule has 1 aromatic rings. The van der Waals surface area contributed by atoms with Gasteiger partial charge in [0.25, 0.3) is 5.91 Å². The molecule has 1 saturated heterocycles. The van der Waals surface area contributed by atoms with Crippen molar-refractivity contribution in [1.29, 1.82) is 0 Å². The van der Waals surface area contributed by atoms with E-state index < -0.39 is 17.8 Å². The predicted molar refractivity (Wildman–Crippen MR) is 64.8 cm³/mol. The van der Waals surface area contributed by atoms with Gasteiger partial charge in [-0.1, -0.05) is 24.3 Å². The third-order valence-corrected chi connectivity index (χ3v) is 2.48. The monoisotopic (exact) mass is 246 g/mol. The Hall–Kier alpha value is -2.43. The Labute approximate surface area is 103 Å². The second kappa shape index (κ2) is 4.83. The van der Waals surface area contributed by atoms with Crippen molar-refractivity contribution >= 4 is 18.0 Å². The van der Waals surface area contributed by atoms with Crippen LogP contribution in [0.4, 0.5) is 9.18 Å². The molecule has 18 heavy (non-hydrogen) atoms. The van der Waals surface area contributed by atoms with Crippen molar-refractivity contribution in [2.45, 2.75) is 0 Å². The van der Waals surface area contributed by atoms with Crippen LogP contribution in [0, 0.1) is 5.82 Å². The Balaban J connectivity index is 2.31. The van der Waals surface area contributed by atoms with Crippen molar-refractivity contribution in [2.24, 2.45) is 0 Å². The van der Waals surface area contributed by atoms with Gasteiger partial charge < -0.3 is 5.32 Å². The zero-order valence-electron chi connectivity index (χ0n) is 9.52. The molecule has 0 aromatic heterocycles. The Morgan fingerprint density at radius 2 is 2.06 bits per heavy atom. The van der Waals surface area contributed by atoms with Gasteiger partial charge in [-0.15, -0.1) is 6.58 Å². The zero-order chi connectivity index (χ0) is 13.1. The molecule has 0 atom stereocenters. The van der Waals surface area contributed by atoms with E-state index in [0.717, 1.165) is 4.90 Å². The van der Waals surface area contributed by atoms with Gasteiger partial charge in [0.2, 0.25) is 0 Å². The van der Waals surface area contributed by atoms with Crippen LogP contribution in [0.1, 0.15) is 5.56 Å². The van der Waals surface area contributed by atoms with E-state index in [9.17, 15) is 14.0 Å². The van der Waals surface area contributed by atoms with Gasteiger partial charge in [0.05, 0.1) is 0 Å². The van der Waals surface area contributed by atoms with Crippen LogP contribution in [0.3, 0.4) is 0 Å². The van der Waals surface area contributed by atoms with Crippen LogP contribution in [0.25, 0.3) is 6.08 Å². The summed E-state index contributed by atoms with van der Waals surface area (Å²) in [7, 11) is 0. The number of amides is 3. The van der Waals surface area contributed by atoms with E-state index in [1.807, 2.05) is 0 Å². The van der Waals surface area contributed by atoms with Gasteiger partial charge in [-0.3, -0.25) is 9.69 Å². The summed E-state index contributed by atoms with van der Waals surface area (Å²) in [5.74, 6) is -0.933. The van der Waals surface area contributed by atoms with Crippen LogP contribution in [-0.4, -0.2) is 23.4 Å². The number of carbonyl (C=O) groups excluding carboxylic acids is 2. The number of nitrogens with one attached hydrogen (secondary N) is 1. The van der Waals surface area contributed by atoms with Crippen molar-refractivity contribution in [2.75, 3.05) is 6.54 Å². The largest absolute Gasteiger partial charge is 0.329 e. The molecule has 4 nitrogen and oxygen atoms in total. The summed E-state index contributed by atoms with van der Waals surface area (Å²) < 4.78 is 13.4. The standard InChI is InChI=1S/C13H11FN2O2/c1-2-7-16-12(17)11(15-13(16)18)8-9-5-3-4-6-10(9)14/h2-6,8H,1,7H2,(H,15,18)/b11-8+. The first kappa shape index (κ1) is 12.0. The summed E-state index contributed by atoms with van der Waals surface area (Å²) in [5.41, 5.74) is 0.313. The first-order chi connectivity index (χ1) is 8.63. The number of carbonyl (C=O) groups is 2. The molecule has 0 spiro atoms. The van der Waals surface area contributed by atoms with Crippen LogP contribution in [0.2, 0.25) is 0 Å². The highest BCUT2D eigenvalue weighted by Crippen LogP contribution is 2.15. The number of benzene rings is 1. The fourth-order valence-electron chi connectivity index (χ4n) is 1.61. The zero-order valence-corrected chi connectivity index (χ0v) is 9.52. The average molecular weight is 246 g/mol. The molecular formula is C13H11FN2O2. The van der Waals surface area contributed by atoms with Crippen molar-refractivity contribution in [3.8, 4) is 0 Å². The second-order valence-electron chi connectivity index (χ2n) is 3.71. The highest BCUT2D eigenvalue weighted by molar-refractivity contribution is 6.14. The third kappa shape index (κ3) is 2.15. The van der Waals surface area contributed by atoms with Crippen LogP contribution in [0.15, 0.2) is 42.6 Å². The van der Waals surface area contributed by atoms with Gasteiger partial charge in [-0.05, 0) is 12.1 Å². The summed E-state index contributed by atoms with van der Waals surface area (Å²) in [5, 5.41) is 2.40. The van der Waals surface area contributed by atoms with E-state index in [0.29, 0.717) is 0 Å². The first-order valence-corrected chi connectivity index (χ1v) is 5.33. The van der Waals surface area contributed by atoms with Crippen molar-refractivity contribution in [3.63, 3.8) is 0 Å². The molecule has 0 aliphatic carbocycles. The lowest BCUT2D eigenvalue weighted by molar-refractivity contribution is -0.122. The molecule has 0 unspecified atom stereocenters. The lowest BCUT2D eigenvalue weighted by Gasteiger charge is -2.06. The Morgan fingerprint density at radius 1 is 1.33 bits per heavy atom. The second-order valence-corrected chi connectivity index (χ2v) is 3.71. The first-order valence-electron chi connectivity index (χ1n) is 5.33. The van der Waals surface area contributed by atoms with E-state index >= 15 is 0 Å². The van der Waals surface area contributed by atoms with Crippen LogP contribution >= 0.6 is 0 Å². The number of hydrogen-bond donors (Lipinski definition) is 1. The van der Waals surface area contributed by atoms with Gasteiger partial charge in [0.1, 0.15) is 11.5 Å². The van der Waals surface area contributed by atoms with Gasteiger partial charge in [0, 0.05) is 12.1 Å². The smallest absolute Gasteiger partial charge is 0.303 e. The molecular weight excluding hydrogens is 235 g/mol. The summed E-state index contributed by atoms with van der Waals surface area (Å²) in [4.78, 5) is 24.3. The molecule has 1 heterocycles. The molecule has 5 heteroatoms. The number of halogens is 1. The molecule has 1 fully saturated rings. The third-order valence-electron chi connectivity index (χ3n) is 2.48. The minimum atomic E-state index is -0.525. The summed E-state index contributed by atoms with van der Waals surface area (Å²) >= 11 is 0. The fourth-order valence-corrected chi connectivity index (χ4v) is 1.61. The lowest BCUT2D eigenvalue weighted by atomic mass is 10.2. The fraction of sp³-hybridized carbons (Fsp3) is 0.0769. The Morgan fingerprint density at radius 3 is 2.72 bits per heavy atom. The number of hydrogen-bond acceptors (Lipinski definition) is 2. The van der Waals surface area contributed by atoms with Gasteiger partial charge in [0.15, 0.2) is 0 Å². The molecule has 1 aromatic carbocycles. The van der Waals surface area contributed by atoms with Gasteiger partial charge >= 0.3 is 6.03 Å². The molecule has 92 valence electrons. The SMILES string of the molecule is C=CCN1C(=O)N/C(=C/c2ccccc2F)C1=O. The molecule has 1 N–H and O–H groups in total. The molecule has 0 saturated carbocycles. The topological polar surface area (TPSA) is 49.4 Å². The van der Waals surface area contributed by atoms with Crippen LogP contribution in [0.5, 0.6) is 0 Å². The molecule has 3 amide bonds. The van der Waals surface area contributed by atoms with Gasteiger partial charge in [-0.2, -0.15) is 0 Å². The van der Waals surface area contributed by atoms with Gasteiger partial charge in [-0.25, -0.2) is 9.18 Å². The lowest BCUT2D eigenvalue weighted by Crippen LogP contribution is -2.30. The van der Waals surface area contributed by atoms with E-state index in [1.165, 1.54) is 24.3 Å². The summed E-state index contributed by atoms with van der Waals surface area (Å²) in [6.07, 6.45) is 2.77. The Kier molecular flexibility index (Phi) is 3.23. The van der Waals surface area contributed by atoms with E-state index in [1.54, 1.807) is 12.1 Å². The minimum absolute atomic E-state index is 0.0620. The Bertz CT molecular complexity index is 552. The minimum Gasteiger partial charge on any atom is -0.303 e. The molecule has 1 aliphatic heterocycles. The maximum Gasteiger partial charge on any atom is 0.329 e. The summed E-state index contributed by atoms with van der Waals surface area (Å²) in [6, 6.07) is 5.49. The summed E-state index contributed by atoms with van der Waals surface area (Å²) in [6.45, 7) is 3.59. The maximum absolute atomic E-state index is 13.4. The van der Waals surface area contributed by atoms with E-state index in [4.69, 9.17) is 0 Å². The van der Waals surface area contributed by atoms with Crippen LogP contribution in [-0.2, 0) is 4.79 Å². The number of nitrogens with zero attached hydrogens (tertiary/aromatic N) is 1. The highest BCUT2D eigenvalue weighted by Gasteiger charge is 2.32. The van der Waals surface area contributed by atoms with Crippen molar-refractivity contribution in [3.05, 3.63) is 54.0 Å². The number of imide groups is 1.